The summed E-state index contributed by atoms with van der Waals surface area (Å²) in [7, 11) is 0. The molecule has 16 heavy (non-hydrogen) atoms. The van der Waals surface area contributed by atoms with Crippen molar-refractivity contribution in [1.29, 1.82) is 0 Å². The summed E-state index contributed by atoms with van der Waals surface area (Å²) in [5, 5.41) is 0. The highest BCUT2D eigenvalue weighted by Gasteiger charge is 2.22. The van der Waals surface area contributed by atoms with Gasteiger partial charge in [0.15, 0.2) is 0 Å². The Kier molecular flexibility index (Phi) is 2.03. The molecule has 1 aromatic heterocycles. The summed E-state index contributed by atoms with van der Waals surface area (Å²) in [5.74, 6) is -0.207. The van der Waals surface area contributed by atoms with Crippen LogP contribution in [0.1, 0.15) is 21.5 Å². The van der Waals surface area contributed by atoms with Crippen LogP contribution in [0.2, 0.25) is 0 Å². The molecule has 0 bridgehead atoms. The lowest BCUT2D eigenvalue weighted by Gasteiger charge is -2.03. The molecule has 0 atom stereocenters. The van der Waals surface area contributed by atoms with Gasteiger partial charge in [-0.1, -0.05) is 30.3 Å². The number of esters is 1. The maximum absolute atomic E-state index is 11.3. The van der Waals surface area contributed by atoms with Crippen molar-refractivity contribution in [3.05, 3.63) is 59.4 Å². The Morgan fingerprint density at radius 1 is 1.19 bits per heavy atom. The molecule has 0 saturated carbocycles. The predicted molar refractivity (Wildman–Crippen MR) is 59.1 cm³/mol. The van der Waals surface area contributed by atoms with Crippen LogP contribution in [0.3, 0.4) is 0 Å². The normalized spacial score (nSPS) is 13.6. The van der Waals surface area contributed by atoms with Gasteiger partial charge in [-0.2, -0.15) is 0 Å². The molecule has 3 heteroatoms. The number of hydrogen-bond acceptors (Lipinski definition) is 2. The summed E-state index contributed by atoms with van der Waals surface area (Å²) in [6.45, 7) is 1.21. The van der Waals surface area contributed by atoms with E-state index in [2.05, 4.69) is 12.1 Å². The van der Waals surface area contributed by atoms with Gasteiger partial charge in [0.25, 0.3) is 0 Å². The van der Waals surface area contributed by atoms with Crippen molar-refractivity contribution in [2.45, 2.75) is 13.2 Å². The lowest BCUT2D eigenvalue weighted by Crippen LogP contribution is -1.99. The smallest absolute Gasteiger partial charge is 0.340 e. The molecule has 1 aliphatic heterocycles. The molecule has 0 N–H and O–H groups in total. The van der Waals surface area contributed by atoms with Crippen LogP contribution in [0.15, 0.2) is 42.7 Å². The van der Waals surface area contributed by atoms with Gasteiger partial charge in [-0.25, -0.2) is 4.79 Å². The number of rotatable bonds is 2. The highest BCUT2D eigenvalue weighted by Crippen LogP contribution is 2.21. The van der Waals surface area contributed by atoms with Crippen LogP contribution in [0, 0.1) is 0 Å². The van der Waals surface area contributed by atoms with E-state index in [-0.39, 0.29) is 5.97 Å². The first-order valence-corrected chi connectivity index (χ1v) is 5.22. The molecule has 80 valence electrons. The van der Waals surface area contributed by atoms with Gasteiger partial charge in [0, 0.05) is 24.5 Å². The van der Waals surface area contributed by atoms with Gasteiger partial charge in [0.05, 0.1) is 5.56 Å². The molecule has 0 fully saturated rings. The van der Waals surface area contributed by atoms with Crippen LogP contribution in [-0.4, -0.2) is 10.5 Å². The molecule has 2 heterocycles. The Bertz CT molecular complexity index is 528. The van der Waals surface area contributed by atoms with Crippen molar-refractivity contribution in [1.82, 2.24) is 4.57 Å². The largest absolute Gasteiger partial charge is 0.457 e. The monoisotopic (exact) mass is 213 g/mol. The zero-order valence-corrected chi connectivity index (χ0v) is 8.72. The number of ether oxygens (including phenoxy) is 1. The van der Waals surface area contributed by atoms with E-state index in [0.717, 1.165) is 12.1 Å². The van der Waals surface area contributed by atoms with E-state index in [4.69, 9.17) is 4.74 Å². The Morgan fingerprint density at radius 2 is 2.00 bits per heavy atom. The minimum Gasteiger partial charge on any atom is -0.457 e. The number of aromatic nitrogens is 1. The Morgan fingerprint density at radius 3 is 2.75 bits per heavy atom. The molecule has 0 unspecified atom stereocenters. The van der Waals surface area contributed by atoms with Gasteiger partial charge in [0.2, 0.25) is 0 Å². The first-order chi connectivity index (χ1) is 7.83. The summed E-state index contributed by atoms with van der Waals surface area (Å²) in [5.41, 5.74) is 2.92. The SMILES string of the molecule is O=C1OCc2cn(Cc3ccccc3)cc21. The van der Waals surface area contributed by atoms with Gasteiger partial charge in [-0.05, 0) is 5.56 Å². The Labute approximate surface area is 93.3 Å². The van der Waals surface area contributed by atoms with Crippen LogP contribution < -0.4 is 0 Å². The van der Waals surface area contributed by atoms with Crippen molar-refractivity contribution in [2.75, 3.05) is 0 Å². The van der Waals surface area contributed by atoms with Crippen LogP contribution in [0.5, 0.6) is 0 Å². The summed E-state index contributed by atoms with van der Waals surface area (Å²) in [4.78, 5) is 11.3. The van der Waals surface area contributed by atoms with Crippen LogP contribution in [-0.2, 0) is 17.9 Å². The third-order valence-corrected chi connectivity index (χ3v) is 2.75. The standard InChI is InChI=1S/C13H11NO2/c15-13-12-8-14(7-11(12)9-16-13)6-10-4-2-1-3-5-10/h1-5,7-8H,6,9H2. The fourth-order valence-corrected chi connectivity index (χ4v) is 1.96. The summed E-state index contributed by atoms with van der Waals surface area (Å²) >= 11 is 0. The summed E-state index contributed by atoms with van der Waals surface area (Å²) < 4.78 is 6.94. The second kappa shape index (κ2) is 3.52. The molecule has 3 rings (SSSR count). The molecule has 0 spiro atoms. The lowest BCUT2D eigenvalue weighted by atomic mass is 10.2. The molecular weight excluding hydrogens is 202 g/mol. The van der Waals surface area contributed by atoms with E-state index in [1.54, 1.807) is 0 Å². The first-order valence-electron chi connectivity index (χ1n) is 5.22. The highest BCUT2D eigenvalue weighted by molar-refractivity contribution is 5.93. The van der Waals surface area contributed by atoms with E-state index in [9.17, 15) is 4.79 Å². The maximum atomic E-state index is 11.3. The zero-order chi connectivity index (χ0) is 11.0. The maximum Gasteiger partial charge on any atom is 0.340 e. The molecule has 3 nitrogen and oxygen atoms in total. The molecule has 0 radical (unpaired) electrons. The van der Waals surface area contributed by atoms with Crippen LogP contribution in [0.25, 0.3) is 0 Å². The van der Waals surface area contributed by atoms with Gasteiger partial charge in [0.1, 0.15) is 6.61 Å². The number of nitrogens with zero attached hydrogens (tertiary/aromatic N) is 1. The molecule has 1 aromatic carbocycles. The molecular formula is C13H11NO2. The quantitative estimate of drug-likeness (QED) is 0.716. The zero-order valence-electron chi connectivity index (χ0n) is 8.72. The number of cyclic esters (lactones) is 1. The van der Waals surface area contributed by atoms with E-state index < -0.39 is 0 Å². The highest BCUT2D eigenvalue weighted by atomic mass is 16.5. The van der Waals surface area contributed by atoms with Crippen molar-refractivity contribution < 1.29 is 9.53 Å². The van der Waals surface area contributed by atoms with E-state index in [1.807, 2.05) is 35.2 Å². The number of hydrogen-bond donors (Lipinski definition) is 0. The number of carbonyl (C=O) groups is 1. The molecule has 2 aromatic rings. The average Bonchev–Trinajstić information content (AvgIpc) is 2.83. The number of benzene rings is 1. The summed E-state index contributed by atoms with van der Waals surface area (Å²) in [6, 6.07) is 10.2. The van der Waals surface area contributed by atoms with E-state index in [1.165, 1.54) is 5.56 Å². The second-order valence-electron chi connectivity index (χ2n) is 3.93. The van der Waals surface area contributed by atoms with Crippen molar-refractivity contribution in [3.8, 4) is 0 Å². The summed E-state index contributed by atoms with van der Waals surface area (Å²) in [6.07, 6.45) is 3.84. The van der Waals surface area contributed by atoms with Gasteiger partial charge >= 0.3 is 5.97 Å². The topological polar surface area (TPSA) is 31.2 Å². The third-order valence-electron chi connectivity index (χ3n) is 2.75. The Balaban J connectivity index is 1.87. The number of fused-ring (bicyclic) bond motifs is 1. The minimum absolute atomic E-state index is 0.207. The van der Waals surface area contributed by atoms with Crippen molar-refractivity contribution >= 4 is 5.97 Å². The number of carbonyl (C=O) groups excluding carboxylic acids is 1. The van der Waals surface area contributed by atoms with Gasteiger partial charge < -0.3 is 9.30 Å². The fourth-order valence-electron chi connectivity index (χ4n) is 1.96. The van der Waals surface area contributed by atoms with Gasteiger partial charge in [-0.15, -0.1) is 0 Å². The third kappa shape index (κ3) is 1.50. The van der Waals surface area contributed by atoms with E-state index >= 15 is 0 Å². The van der Waals surface area contributed by atoms with Crippen LogP contribution >= 0.6 is 0 Å². The fraction of sp³-hybridized carbons (Fsp3) is 0.154. The first kappa shape index (κ1) is 9.21. The molecule has 0 aliphatic carbocycles. The van der Waals surface area contributed by atoms with E-state index in [0.29, 0.717) is 12.2 Å². The molecule has 0 saturated heterocycles. The van der Waals surface area contributed by atoms with Gasteiger partial charge in [-0.3, -0.25) is 0 Å². The predicted octanol–water partition coefficient (Wildman–Crippen LogP) is 2.21. The minimum atomic E-state index is -0.207. The lowest BCUT2D eigenvalue weighted by molar-refractivity contribution is 0.0533. The second-order valence-corrected chi connectivity index (χ2v) is 3.93. The average molecular weight is 213 g/mol. The molecule has 1 aliphatic rings. The van der Waals surface area contributed by atoms with Crippen LogP contribution in [0.4, 0.5) is 0 Å². The van der Waals surface area contributed by atoms with Crippen molar-refractivity contribution in [3.63, 3.8) is 0 Å². The molecule has 0 amide bonds. The van der Waals surface area contributed by atoms with Crippen molar-refractivity contribution in [2.24, 2.45) is 0 Å². The Hall–Kier alpha value is -2.03.